The first kappa shape index (κ1) is 15.4. The average molecular weight is 306 g/mol. The molecule has 0 aliphatic carbocycles. The maximum atomic E-state index is 2.78. The molecule has 0 aromatic carbocycles. The Morgan fingerprint density at radius 2 is 1.05 bits per heavy atom. The van der Waals surface area contributed by atoms with Crippen LogP contribution < -0.4 is 0 Å². The third-order valence-electron chi connectivity index (χ3n) is 6.89. The number of hydrogen-bond donors (Lipinski definition) is 0. The topological polar surface area (TPSA) is 13.0 Å². The van der Waals surface area contributed by atoms with Gasteiger partial charge in [-0.2, -0.15) is 0 Å². The van der Waals surface area contributed by atoms with E-state index in [0.717, 1.165) is 23.7 Å². The molecule has 0 spiro atoms. The predicted octanol–water partition coefficient (Wildman–Crippen LogP) is 0.753. The lowest BCUT2D eigenvalue weighted by atomic mass is 9.92. The molecule has 0 bridgehead atoms. The van der Waals surface area contributed by atoms with Crippen molar-refractivity contribution in [3.63, 3.8) is 0 Å². The van der Waals surface area contributed by atoms with Crippen LogP contribution in [0.15, 0.2) is 0 Å². The third kappa shape index (κ3) is 3.21. The molecule has 126 valence electrons. The van der Waals surface area contributed by atoms with Gasteiger partial charge in [0.1, 0.15) is 0 Å². The summed E-state index contributed by atoms with van der Waals surface area (Å²) in [6.45, 7) is 13.4. The zero-order chi connectivity index (χ0) is 15.1. The maximum absolute atomic E-state index is 2.78. The fourth-order valence-corrected chi connectivity index (χ4v) is 5.55. The van der Waals surface area contributed by atoms with Gasteiger partial charge in [-0.1, -0.05) is 0 Å². The van der Waals surface area contributed by atoms with E-state index >= 15 is 0 Å². The monoisotopic (exact) mass is 306 g/mol. The SMILES string of the molecule is CN1CCC2CN(CCN3CC4CN(C)CC4C3)CC2CC1. The van der Waals surface area contributed by atoms with E-state index in [4.69, 9.17) is 0 Å². The van der Waals surface area contributed by atoms with E-state index in [0.29, 0.717) is 0 Å². The van der Waals surface area contributed by atoms with E-state index in [1.807, 2.05) is 0 Å². The summed E-state index contributed by atoms with van der Waals surface area (Å²) in [6, 6.07) is 0. The van der Waals surface area contributed by atoms with E-state index in [1.54, 1.807) is 0 Å². The lowest BCUT2D eigenvalue weighted by Crippen LogP contribution is -2.35. The zero-order valence-corrected chi connectivity index (χ0v) is 14.6. The summed E-state index contributed by atoms with van der Waals surface area (Å²) in [6.07, 6.45) is 2.86. The molecule has 0 aromatic heterocycles. The largest absolute Gasteiger partial charge is 0.306 e. The van der Waals surface area contributed by atoms with Crippen molar-refractivity contribution in [3.8, 4) is 0 Å². The van der Waals surface area contributed by atoms with Gasteiger partial charge < -0.3 is 19.6 Å². The Bertz CT molecular complexity index is 357. The molecule has 4 aliphatic heterocycles. The molecule has 0 aromatic rings. The van der Waals surface area contributed by atoms with Crippen molar-refractivity contribution >= 4 is 0 Å². The van der Waals surface area contributed by atoms with Gasteiger partial charge in [0.15, 0.2) is 0 Å². The lowest BCUT2D eigenvalue weighted by molar-refractivity contribution is 0.224. The number of likely N-dealkylation sites (tertiary alicyclic amines) is 4. The quantitative estimate of drug-likeness (QED) is 0.763. The number of rotatable bonds is 3. The van der Waals surface area contributed by atoms with Crippen molar-refractivity contribution in [1.29, 1.82) is 0 Å². The Morgan fingerprint density at radius 1 is 0.591 bits per heavy atom. The van der Waals surface area contributed by atoms with Crippen LogP contribution in [-0.2, 0) is 0 Å². The van der Waals surface area contributed by atoms with E-state index in [9.17, 15) is 0 Å². The molecule has 0 radical (unpaired) electrons. The summed E-state index contributed by atoms with van der Waals surface area (Å²) in [7, 11) is 4.58. The van der Waals surface area contributed by atoms with Crippen LogP contribution in [0.2, 0.25) is 0 Å². The number of fused-ring (bicyclic) bond motifs is 2. The van der Waals surface area contributed by atoms with Gasteiger partial charge in [0, 0.05) is 52.4 Å². The van der Waals surface area contributed by atoms with Gasteiger partial charge in [-0.25, -0.2) is 0 Å². The van der Waals surface area contributed by atoms with Crippen LogP contribution >= 0.6 is 0 Å². The predicted molar refractivity (Wildman–Crippen MR) is 91.1 cm³/mol. The molecular weight excluding hydrogens is 272 g/mol. The molecule has 22 heavy (non-hydrogen) atoms. The normalized spacial score (nSPS) is 41.7. The summed E-state index contributed by atoms with van der Waals surface area (Å²) >= 11 is 0. The third-order valence-corrected chi connectivity index (χ3v) is 6.89. The number of hydrogen-bond acceptors (Lipinski definition) is 4. The van der Waals surface area contributed by atoms with E-state index in [-0.39, 0.29) is 0 Å². The Balaban J connectivity index is 1.21. The number of nitrogens with zero attached hydrogens (tertiary/aromatic N) is 4. The highest BCUT2D eigenvalue weighted by Crippen LogP contribution is 2.32. The Hall–Kier alpha value is -0.160. The van der Waals surface area contributed by atoms with Gasteiger partial charge >= 0.3 is 0 Å². The van der Waals surface area contributed by atoms with Crippen molar-refractivity contribution in [2.75, 3.05) is 79.5 Å². The van der Waals surface area contributed by atoms with E-state index < -0.39 is 0 Å². The molecule has 0 N–H and O–H groups in total. The molecule has 4 atom stereocenters. The van der Waals surface area contributed by atoms with Crippen LogP contribution in [0.4, 0.5) is 0 Å². The molecule has 4 saturated heterocycles. The highest BCUT2D eigenvalue weighted by atomic mass is 15.3. The Morgan fingerprint density at radius 3 is 1.55 bits per heavy atom. The summed E-state index contributed by atoms with van der Waals surface area (Å²) in [4.78, 5) is 10.6. The van der Waals surface area contributed by atoms with Crippen molar-refractivity contribution in [3.05, 3.63) is 0 Å². The minimum absolute atomic E-state index is 0.963. The summed E-state index contributed by atoms with van der Waals surface area (Å²) in [5.74, 6) is 3.89. The van der Waals surface area contributed by atoms with Gasteiger partial charge in [-0.15, -0.1) is 0 Å². The Labute approximate surface area is 136 Å². The smallest absolute Gasteiger partial charge is 0.0110 e. The van der Waals surface area contributed by atoms with Crippen molar-refractivity contribution < 1.29 is 0 Å². The maximum Gasteiger partial charge on any atom is 0.0110 e. The Kier molecular flexibility index (Phi) is 4.46. The van der Waals surface area contributed by atoms with E-state index in [1.165, 1.54) is 78.3 Å². The van der Waals surface area contributed by atoms with Crippen LogP contribution in [0.5, 0.6) is 0 Å². The molecule has 4 fully saturated rings. The van der Waals surface area contributed by atoms with Crippen molar-refractivity contribution in [1.82, 2.24) is 19.6 Å². The zero-order valence-electron chi connectivity index (χ0n) is 14.6. The van der Waals surface area contributed by atoms with Crippen LogP contribution in [0.1, 0.15) is 12.8 Å². The average Bonchev–Trinajstić information content (AvgIpc) is 3.10. The van der Waals surface area contributed by atoms with Crippen LogP contribution in [0.25, 0.3) is 0 Å². The second kappa shape index (κ2) is 6.39. The second-order valence-corrected chi connectivity index (χ2v) is 8.66. The van der Waals surface area contributed by atoms with Gasteiger partial charge in [0.05, 0.1) is 0 Å². The minimum atomic E-state index is 0.963. The standard InChI is InChI=1S/C18H34N4/c1-19-5-3-15-11-21(12-16(15)4-6-19)7-8-22-13-17-9-20(2)10-18(17)14-22/h15-18H,3-14H2,1-2H3. The van der Waals surface area contributed by atoms with Crippen molar-refractivity contribution in [2.45, 2.75) is 12.8 Å². The molecule has 4 nitrogen and oxygen atoms in total. The molecule has 0 saturated carbocycles. The van der Waals surface area contributed by atoms with Gasteiger partial charge in [-0.05, 0) is 63.7 Å². The molecule has 4 rings (SSSR count). The molecule has 4 unspecified atom stereocenters. The second-order valence-electron chi connectivity index (χ2n) is 8.66. The summed E-state index contributed by atoms with van der Waals surface area (Å²) < 4.78 is 0. The fraction of sp³-hybridized carbons (Fsp3) is 1.00. The molecule has 0 amide bonds. The van der Waals surface area contributed by atoms with Gasteiger partial charge in [-0.3, -0.25) is 0 Å². The molecule has 4 heterocycles. The highest BCUT2D eigenvalue weighted by molar-refractivity contribution is 4.93. The summed E-state index contributed by atoms with van der Waals surface area (Å²) in [5.41, 5.74) is 0. The van der Waals surface area contributed by atoms with Crippen LogP contribution in [0.3, 0.4) is 0 Å². The molecule has 4 heteroatoms. The van der Waals surface area contributed by atoms with Crippen molar-refractivity contribution in [2.24, 2.45) is 23.7 Å². The van der Waals surface area contributed by atoms with Gasteiger partial charge in [0.25, 0.3) is 0 Å². The highest BCUT2D eigenvalue weighted by Gasteiger charge is 2.39. The minimum Gasteiger partial charge on any atom is -0.306 e. The van der Waals surface area contributed by atoms with Crippen LogP contribution in [0, 0.1) is 23.7 Å². The first-order chi connectivity index (χ1) is 10.7. The fourth-order valence-electron chi connectivity index (χ4n) is 5.55. The first-order valence-corrected chi connectivity index (χ1v) is 9.49. The first-order valence-electron chi connectivity index (χ1n) is 9.49. The lowest BCUT2D eigenvalue weighted by Gasteiger charge is -2.23. The van der Waals surface area contributed by atoms with Gasteiger partial charge in [0.2, 0.25) is 0 Å². The van der Waals surface area contributed by atoms with Crippen LogP contribution in [-0.4, -0.2) is 99.1 Å². The van der Waals surface area contributed by atoms with E-state index in [2.05, 4.69) is 33.7 Å². The molecular formula is C18H34N4. The summed E-state index contributed by atoms with van der Waals surface area (Å²) in [5, 5.41) is 0. The molecule has 4 aliphatic rings.